The van der Waals surface area contributed by atoms with Gasteiger partial charge in [0, 0.05) is 5.56 Å². The van der Waals surface area contributed by atoms with Gasteiger partial charge in [-0.05, 0) is 12.5 Å². The summed E-state index contributed by atoms with van der Waals surface area (Å²) in [6, 6.07) is 6.11. The summed E-state index contributed by atoms with van der Waals surface area (Å²) in [4.78, 5) is 15.9. The first-order valence-electron chi connectivity index (χ1n) is 5.02. The molecule has 5 heteroatoms. The Morgan fingerprint density at radius 1 is 1.50 bits per heavy atom. The van der Waals surface area contributed by atoms with Gasteiger partial charge in [0.15, 0.2) is 11.5 Å². The normalized spacial score (nSPS) is 24.1. The molecule has 0 bridgehead atoms. The average molecular weight is 221 g/mol. The van der Waals surface area contributed by atoms with Crippen molar-refractivity contribution in [3.63, 3.8) is 0 Å². The van der Waals surface area contributed by atoms with Gasteiger partial charge in [-0.2, -0.15) is 0 Å². The SMILES string of the molecule is CCC1(c2ccccc2F)N=C(N)NC1=O. The molecule has 1 aliphatic heterocycles. The van der Waals surface area contributed by atoms with Crippen molar-refractivity contribution in [2.45, 2.75) is 18.9 Å². The Labute approximate surface area is 92.4 Å². The summed E-state index contributed by atoms with van der Waals surface area (Å²) >= 11 is 0. The van der Waals surface area contributed by atoms with E-state index in [1.807, 2.05) is 0 Å². The molecule has 0 spiro atoms. The summed E-state index contributed by atoms with van der Waals surface area (Å²) in [5.74, 6) is -0.786. The average Bonchev–Trinajstić information content (AvgIpc) is 2.55. The Morgan fingerprint density at radius 2 is 2.19 bits per heavy atom. The smallest absolute Gasteiger partial charge is 0.259 e. The van der Waals surface area contributed by atoms with E-state index in [4.69, 9.17) is 5.73 Å². The van der Waals surface area contributed by atoms with Crippen LogP contribution in [0, 0.1) is 5.82 Å². The summed E-state index contributed by atoms with van der Waals surface area (Å²) < 4.78 is 13.7. The molecular weight excluding hydrogens is 209 g/mol. The molecule has 0 saturated carbocycles. The standard InChI is InChI=1S/C11H12FN3O/c1-2-11(9(16)14-10(13)15-11)7-5-3-4-6-8(7)12/h3-6H,2H2,1H3,(H3,13,14,15,16). The second-order valence-corrected chi connectivity index (χ2v) is 3.64. The highest BCUT2D eigenvalue weighted by Crippen LogP contribution is 2.34. The molecule has 1 unspecified atom stereocenters. The minimum Gasteiger partial charge on any atom is -0.370 e. The third-order valence-corrected chi connectivity index (χ3v) is 2.76. The molecule has 1 amide bonds. The van der Waals surface area contributed by atoms with Crippen LogP contribution in [0.2, 0.25) is 0 Å². The van der Waals surface area contributed by atoms with Crippen LogP contribution in [0.15, 0.2) is 29.3 Å². The molecule has 4 nitrogen and oxygen atoms in total. The quantitative estimate of drug-likeness (QED) is 0.778. The Bertz CT molecular complexity index is 472. The molecule has 1 heterocycles. The van der Waals surface area contributed by atoms with Crippen LogP contribution in [0.4, 0.5) is 4.39 Å². The van der Waals surface area contributed by atoms with Crippen molar-refractivity contribution in [3.8, 4) is 0 Å². The molecule has 16 heavy (non-hydrogen) atoms. The zero-order valence-corrected chi connectivity index (χ0v) is 8.83. The molecule has 1 aliphatic rings. The molecule has 3 N–H and O–H groups in total. The number of hydrogen-bond acceptors (Lipinski definition) is 3. The molecule has 1 aromatic rings. The highest BCUT2D eigenvalue weighted by molar-refractivity contribution is 6.07. The van der Waals surface area contributed by atoms with E-state index < -0.39 is 11.4 Å². The van der Waals surface area contributed by atoms with E-state index in [1.165, 1.54) is 6.07 Å². The number of aliphatic imine (C=N–C) groups is 1. The van der Waals surface area contributed by atoms with E-state index in [1.54, 1.807) is 25.1 Å². The molecule has 0 radical (unpaired) electrons. The van der Waals surface area contributed by atoms with Crippen LogP contribution in [0.25, 0.3) is 0 Å². The van der Waals surface area contributed by atoms with Gasteiger partial charge in [-0.25, -0.2) is 9.38 Å². The third kappa shape index (κ3) is 1.36. The number of rotatable bonds is 2. The molecule has 1 atom stereocenters. The molecule has 0 fully saturated rings. The van der Waals surface area contributed by atoms with Gasteiger partial charge in [0.25, 0.3) is 5.91 Å². The van der Waals surface area contributed by atoms with Crippen molar-refractivity contribution in [1.29, 1.82) is 0 Å². The van der Waals surface area contributed by atoms with E-state index in [0.29, 0.717) is 6.42 Å². The first-order chi connectivity index (χ1) is 7.60. The maximum Gasteiger partial charge on any atom is 0.259 e. The van der Waals surface area contributed by atoms with E-state index in [9.17, 15) is 9.18 Å². The lowest BCUT2D eigenvalue weighted by molar-refractivity contribution is -0.124. The number of nitrogens with one attached hydrogen (secondary N) is 1. The summed E-state index contributed by atoms with van der Waals surface area (Å²) in [5, 5.41) is 2.41. The van der Waals surface area contributed by atoms with Gasteiger partial charge in [0.05, 0.1) is 0 Å². The Balaban J connectivity index is 2.60. The predicted octanol–water partition coefficient (Wildman–Crippen LogP) is 0.876. The fourth-order valence-electron chi connectivity index (χ4n) is 1.91. The second kappa shape index (κ2) is 3.59. The van der Waals surface area contributed by atoms with E-state index >= 15 is 0 Å². The number of nitrogens with zero attached hydrogens (tertiary/aromatic N) is 1. The summed E-state index contributed by atoms with van der Waals surface area (Å²) in [7, 11) is 0. The molecule has 2 rings (SSSR count). The van der Waals surface area contributed by atoms with Crippen molar-refractivity contribution in [2.24, 2.45) is 10.7 Å². The lowest BCUT2D eigenvalue weighted by Gasteiger charge is -2.22. The van der Waals surface area contributed by atoms with Gasteiger partial charge in [-0.3, -0.25) is 10.1 Å². The van der Waals surface area contributed by atoms with Crippen LogP contribution >= 0.6 is 0 Å². The summed E-state index contributed by atoms with van der Waals surface area (Å²) in [5.41, 5.74) is 4.51. The van der Waals surface area contributed by atoms with Crippen molar-refractivity contribution in [2.75, 3.05) is 0 Å². The lowest BCUT2D eigenvalue weighted by atomic mass is 9.87. The topological polar surface area (TPSA) is 67.5 Å². The van der Waals surface area contributed by atoms with Crippen LogP contribution in [0.3, 0.4) is 0 Å². The molecule has 0 aliphatic carbocycles. The zero-order chi connectivity index (χ0) is 11.8. The second-order valence-electron chi connectivity index (χ2n) is 3.64. The first-order valence-corrected chi connectivity index (χ1v) is 5.02. The molecule has 0 aromatic heterocycles. The largest absolute Gasteiger partial charge is 0.370 e. The first kappa shape index (κ1) is 10.6. The van der Waals surface area contributed by atoms with Gasteiger partial charge < -0.3 is 5.73 Å². The number of amides is 1. The van der Waals surface area contributed by atoms with E-state index in [0.717, 1.165) is 0 Å². The lowest BCUT2D eigenvalue weighted by Crippen LogP contribution is -2.39. The maximum absolute atomic E-state index is 13.7. The zero-order valence-electron chi connectivity index (χ0n) is 8.83. The molecule has 0 saturated heterocycles. The minimum atomic E-state index is -1.21. The Morgan fingerprint density at radius 3 is 2.69 bits per heavy atom. The van der Waals surface area contributed by atoms with Gasteiger partial charge in [0.2, 0.25) is 0 Å². The fourth-order valence-corrected chi connectivity index (χ4v) is 1.91. The maximum atomic E-state index is 13.7. The van der Waals surface area contributed by atoms with Gasteiger partial charge in [0.1, 0.15) is 5.82 Å². The number of benzene rings is 1. The van der Waals surface area contributed by atoms with Crippen molar-refractivity contribution in [3.05, 3.63) is 35.6 Å². The highest BCUT2D eigenvalue weighted by Gasteiger charge is 2.44. The van der Waals surface area contributed by atoms with E-state index in [2.05, 4.69) is 10.3 Å². The summed E-state index contributed by atoms with van der Waals surface area (Å²) in [6.45, 7) is 1.77. The minimum absolute atomic E-state index is 0.0371. The van der Waals surface area contributed by atoms with Crippen molar-refractivity contribution >= 4 is 11.9 Å². The number of halogens is 1. The highest BCUT2D eigenvalue weighted by atomic mass is 19.1. The van der Waals surface area contributed by atoms with Crippen LogP contribution in [0.5, 0.6) is 0 Å². The van der Waals surface area contributed by atoms with Gasteiger partial charge >= 0.3 is 0 Å². The molecule has 84 valence electrons. The van der Waals surface area contributed by atoms with E-state index in [-0.39, 0.29) is 17.4 Å². The molecule has 1 aromatic carbocycles. The summed E-state index contributed by atoms with van der Waals surface area (Å²) in [6.07, 6.45) is 0.362. The van der Waals surface area contributed by atoms with Gasteiger partial charge in [-0.15, -0.1) is 0 Å². The molecular formula is C11H12FN3O. The van der Waals surface area contributed by atoms with Gasteiger partial charge in [-0.1, -0.05) is 25.1 Å². The Hall–Kier alpha value is -1.91. The predicted molar refractivity (Wildman–Crippen MR) is 58.1 cm³/mol. The Kier molecular flexibility index (Phi) is 2.38. The fraction of sp³-hybridized carbons (Fsp3) is 0.273. The van der Waals surface area contributed by atoms with Crippen LogP contribution in [-0.4, -0.2) is 11.9 Å². The van der Waals surface area contributed by atoms with Crippen LogP contribution in [-0.2, 0) is 10.3 Å². The van der Waals surface area contributed by atoms with Crippen LogP contribution in [0.1, 0.15) is 18.9 Å². The number of carbonyl (C=O) groups excluding carboxylic acids is 1. The monoisotopic (exact) mass is 221 g/mol. The third-order valence-electron chi connectivity index (χ3n) is 2.76. The van der Waals surface area contributed by atoms with Crippen LogP contribution < -0.4 is 11.1 Å². The number of guanidine groups is 1. The number of carbonyl (C=O) groups is 1. The van der Waals surface area contributed by atoms with Crippen molar-refractivity contribution in [1.82, 2.24) is 5.32 Å². The number of hydrogen-bond donors (Lipinski definition) is 2. The van der Waals surface area contributed by atoms with Crippen molar-refractivity contribution < 1.29 is 9.18 Å². The number of nitrogens with two attached hydrogens (primary N) is 1.